The second-order valence-electron chi connectivity index (χ2n) is 9.97. The van der Waals surface area contributed by atoms with Crippen LogP contribution in [0.3, 0.4) is 0 Å². The Labute approximate surface area is 208 Å². The van der Waals surface area contributed by atoms with Gasteiger partial charge in [-0.2, -0.15) is 0 Å². The van der Waals surface area contributed by atoms with Crippen LogP contribution in [0.15, 0.2) is 60.7 Å². The molecule has 0 amide bonds. The van der Waals surface area contributed by atoms with E-state index in [1.807, 2.05) is 0 Å². The predicted octanol–water partition coefficient (Wildman–Crippen LogP) is 8.37. The second-order valence-corrected chi connectivity index (χ2v) is 15.9. The van der Waals surface area contributed by atoms with Crippen LogP contribution in [0.4, 0.5) is 0 Å². The number of fused-ring (bicyclic) bond motifs is 4. The van der Waals surface area contributed by atoms with Crippen molar-refractivity contribution >= 4 is 30.7 Å². The highest BCUT2D eigenvalue weighted by Gasteiger charge is 2.40. The highest BCUT2D eigenvalue weighted by Crippen LogP contribution is 2.48. The van der Waals surface area contributed by atoms with E-state index in [1.54, 1.807) is 0 Å². The molecular formula is C30H29ISi. The minimum absolute atomic E-state index is 0.249. The van der Waals surface area contributed by atoms with Crippen molar-refractivity contribution in [2.75, 3.05) is 0 Å². The number of halogens is 1. The first-order chi connectivity index (χ1) is 15.1. The van der Waals surface area contributed by atoms with Crippen LogP contribution in [-0.2, 0) is 0 Å². The smallest absolute Gasteiger partial charge is 0.126 e. The van der Waals surface area contributed by atoms with E-state index in [1.165, 1.54) is 25.8 Å². The number of hydrogen-bond donors (Lipinski definition) is 0. The second kappa shape index (κ2) is 8.58. The lowest BCUT2D eigenvalue weighted by molar-refractivity contribution is 0.462. The van der Waals surface area contributed by atoms with Gasteiger partial charge >= 0.3 is 0 Å². The van der Waals surface area contributed by atoms with Crippen LogP contribution in [-0.4, -0.2) is 8.07 Å². The molecule has 0 aliphatic heterocycles. The Morgan fingerprint density at radius 3 is 1.81 bits per heavy atom. The Hall–Kier alpha value is -2.27. The maximum Gasteiger partial charge on any atom is 0.138 e. The van der Waals surface area contributed by atoms with Gasteiger partial charge in [0.1, 0.15) is 8.07 Å². The van der Waals surface area contributed by atoms with E-state index < -0.39 is 8.07 Å². The zero-order valence-corrected chi connectivity index (χ0v) is 22.9. The predicted molar refractivity (Wildman–Crippen MR) is 149 cm³/mol. The van der Waals surface area contributed by atoms with Crippen LogP contribution in [0.1, 0.15) is 44.4 Å². The Morgan fingerprint density at radius 2 is 1.22 bits per heavy atom. The molecule has 0 saturated carbocycles. The lowest BCUT2D eigenvalue weighted by atomic mass is 9.80. The Balaban J connectivity index is 1.67. The van der Waals surface area contributed by atoms with Crippen LogP contribution in [0.25, 0.3) is 22.3 Å². The average molecular weight is 545 g/mol. The van der Waals surface area contributed by atoms with Gasteiger partial charge in [0.05, 0.1) is 0 Å². The Bertz CT molecular complexity index is 1320. The maximum atomic E-state index is 3.70. The molecule has 0 saturated heterocycles. The summed E-state index contributed by atoms with van der Waals surface area (Å²) in [6, 6.07) is 21.4. The Morgan fingerprint density at radius 1 is 0.719 bits per heavy atom. The first kappa shape index (κ1) is 22.9. The summed E-state index contributed by atoms with van der Waals surface area (Å²) in [5.74, 6) is 11.0. The van der Waals surface area contributed by atoms with E-state index in [0.717, 1.165) is 16.7 Å². The van der Waals surface area contributed by atoms with Gasteiger partial charge in [0.2, 0.25) is 0 Å². The molecule has 0 unspecified atom stereocenters. The molecule has 0 fully saturated rings. The average Bonchev–Trinajstić information content (AvgIpc) is 2.76. The third-order valence-corrected chi connectivity index (χ3v) is 12.9. The van der Waals surface area contributed by atoms with E-state index in [2.05, 4.69) is 147 Å². The summed E-state index contributed by atoms with van der Waals surface area (Å²) in [5.41, 5.74) is 12.1. The van der Waals surface area contributed by atoms with Gasteiger partial charge in [-0.3, -0.25) is 0 Å². The van der Waals surface area contributed by atoms with Crippen molar-refractivity contribution in [2.24, 2.45) is 5.92 Å². The molecule has 1 aliphatic carbocycles. The molecule has 0 bridgehead atoms. The number of benzene rings is 3. The molecule has 0 radical (unpaired) electrons. The molecule has 0 spiro atoms. The van der Waals surface area contributed by atoms with E-state index in [9.17, 15) is 0 Å². The third-order valence-electron chi connectivity index (χ3n) is 7.44. The van der Waals surface area contributed by atoms with E-state index >= 15 is 0 Å². The molecule has 0 nitrogen and oxygen atoms in total. The molecule has 0 heterocycles. The van der Waals surface area contributed by atoms with Gasteiger partial charge in [0.25, 0.3) is 0 Å². The van der Waals surface area contributed by atoms with Crippen LogP contribution in [0.5, 0.6) is 0 Å². The van der Waals surface area contributed by atoms with Gasteiger partial charge < -0.3 is 0 Å². The summed E-state index contributed by atoms with van der Waals surface area (Å²) in [6.45, 7) is 14.1. The summed E-state index contributed by atoms with van der Waals surface area (Å²) in [6.07, 6.45) is 0. The van der Waals surface area contributed by atoms with Crippen LogP contribution in [0, 0.1) is 32.8 Å². The number of hydrogen-bond acceptors (Lipinski definition) is 0. The van der Waals surface area contributed by atoms with E-state index in [0.29, 0.717) is 5.92 Å². The van der Waals surface area contributed by atoms with Crippen molar-refractivity contribution in [3.05, 3.63) is 80.9 Å². The van der Waals surface area contributed by atoms with E-state index in [-0.39, 0.29) is 5.04 Å². The van der Waals surface area contributed by atoms with Crippen molar-refractivity contribution in [1.82, 2.24) is 0 Å². The molecule has 0 aromatic heterocycles. The van der Waals surface area contributed by atoms with Crippen molar-refractivity contribution in [2.45, 2.75) is 45.8 Å². The maximum absolute atomic E-state index is 3.70. The van der Waals surface area contributed by atoms with E-state index in [4.69, 9.17) is 0 Å². The summed E-state index contributed by atoms with van der Waals surface area (Å²) < 4.78 is 1.19. The van der Waals surface area contributed by atoms with Gasteiger partial charge in [-0.15, -0.1) is 5.54 Å². The summed E-state index contributed by atoms with van der Waals surface area (Å²) in [4.78, 5) is 0. The standard InChI is InChI=1S/C30H29ISi/c1-21(2)30(3,4)32(5,6)18-17-23-12-8-7-11-22(23)15-16-24-19-27-25-13-9-10-14-26(25)28(27)20-29(24)31/h7-14,19-21H,1-6H3. The summed E-state index contributed by atoms with van der Waals surface area (Å²) in [7, 11) is -1.75. The first-order valence-corrected chi connectivity index (χ1v) is 15.3. The van der Waals surface area contributed by atoms with Gasteiger partial charge in [-0.25, -0.2) is 0 Å². The minimum Gasteiger partial charge on any atom is -0.126 e. The van der Waals surface area contributed by atoms with Crippen LogP contribution >= 0.6 is 22.6 Å². The van der Waals surface area contributed by atoms with Gasteiger partial charge in [0.15, 0.2) is 0 Å². The van der Waals surface area contributed by atoms with Gasteiger partial charge in [-0.1, -0.05) is 94.9 Å². The molecule has 0 atom stereocenters. The SMILES string of the molecule is CC(C)C(C)(C)[Si](C)(C)C#Cc1ccccc1C#Cc1cc2c(cc1I)-c1ccccc1-2. The first-order valence-electron chi connectivity index (χ1n) is 11.2. The zero-order chi connectivity index (χ0) is 23.1. The molecule has 3 aromatic carbocycles. The lowest BCUT2D eigenvalue weighted by Gasteiger charge is -2.39. The summed E-state index contributed by atoms with van der Waals surface area (Å²) >= 11 is 2.40. The van der Waals surface area contributed by atoms with Crippen molar-refractivity contribution < 1.29 is 0 Å². The molecular weight excluding hydrogens is 515 g/mol. The highest BCUT2D eigenvalue weighted by atomic mass is 127. The normalized spacial score (nSPS) is 12.0. The molecule has 2 heteroatoms. The molecule has 4 rings (SSSR count). The van der Waals surface area contributed by atoms with Crippen LogP contribution in [0.2, 0.25) is 18.1 Å². The quantitative estimate of drug-likeness (QED) is 0.135. The fraction of sp³-hybridized carbons (Fsp3) is 0.267. The lowest BCUT2D eigenvalue weighted by Crippen LogP contribution is -2.41. The van der Waals surface area contributed by atoms with Crippen molar-refractivity contribution in [1.29, 1.82) is 0 Å². The fourth-order valence-corrected chi connectivity index (χ4v) is 6.76. The fourth-order valence-electron chi connectivity index (χ4n) is 3.95. The monoisotopic (exact) mass is 544 g/mol. The largest absolute Gasteiger partial charge is 0.138 e. The Kier molecular flexibility index (Phi) is 6.14. The minimum atomic E-state index is -1.75. The van der Waals surface area contributed by atoms with Crippen molar-refractivity contribution in [3.8, 4) is 45.6 Å². The molecule has 0 N–H and O–H groups in total. The van der Waals surface area contributed by atoms with Crippen molar-refractivity contribution in [3.63, 3.8) is 0 Å². The topological polar surface area (TPSA) is 0 Å². The van der Waals surface area contributed by atoms with Gasteiger partial charge in [0, 0.05) is 20.3 Å². The third kappa shape index (κ3) is 4.07. The van der Waals surface area contributed by atoms with Gasteiger partial charge in [-0.05, 0) is 80.1 Å². The van der Waals surface area contributed by atoms with Crippen LogP contribution < -0.4 is 0 Å². The number of rotatable bonds is 2. The molecule has 160 valence electrons. The molecule has 3 aromatic rings. The summed E-state index contributed by atoms with van der Waals surface area (Å²) in [5, 5.41) is 0.249. The highest BCUT2D eigenvalue weighted by molar-refractivity contribution is 14.1. The zero-order valence-electron chi connectivity index (χ0n) is 19.7. The molecule has 32 heavy (non-hydrogen) atoms. The molecule has 1 aliphatic rings.